The SMILES string of the molecule is CCCCC(CC)COC(=O)CCC(=O)OCC(C)OCC(C)OC(=O)CCC(=O)OCC(CC)CCCC. The Hall–Kier alpha value is -2.16. The smallest absolute Gasteiger partial charge is 0.306 e. The van der Waals surface area contributed by atoms with Crippen molar-refractivity contribution in [1.29, 1.82) is 0 Å². The molecular weight excluding hydrogens is 504 g/mol. The first-order valence-corrected chi connectivity index (χ1v) is 14.9. The van der Waals surface area contributed by atoms with Crippen LogP contribution < -0.4 is 0 Å². The van der Waals surface area contributed by atoms with Crippen LogP contribution in [-0.2, 0) is 42.9 Å². The molecule has 4 unspecified atom stereocenters. The van der Waals surface area contributed by atoms with E-state index >= 15 is 0 Å². The third-order valence-corrected chi connectivity index (χ3v) is 6.54. The molecular formula is C30H54O9. The van der Waals surface area contributed by atoms with Crippen LogP contribution in [0.3, 0.4) is 0 Å². The fourth-order valence-corrected chi connectivity index (χ4v) is 3.72. The van der Waals surface area contributed by atoms with Gasteiger partial charge in [0.2, 0.25) is 0 Å². The van der Waals surface area contributed by atoms with Crippen LogP contribution in [0.15, 0.2) is 0 Å². The van der Waals surface area contributed by atoms with Crippen LogP contribution in [0.4, 0.5) is 0 Å². The Kier molecular flexibility index (Phi) is 22.4. The van der Waals surface area contributed by atoms with Crippen molar-refractivity contribution in [1.82, 2.24) is 0 Å². The largest absolute Gasteiger partial charge is 0.465 e. The van der Waals surface area contributed by atoms with E-state index in [2.05, 4.69) is 27.7 Å². The van der Waals surface area contributed by atoms with E-state index in [1.54, 1.807) is 13.8 Å². The van der Waals surface area contributed by atoms with E-state index in [0.717, 1.165) is 51.4 Å². The van der Waals surface area contributed by atoms with Gasteiger partial charge in [-0.05, 0) is 38.5 Å². The highest BCUT2D eigenvalue weighted by Gasteiger charge is 2.17. The average molecular weight is 559 g/mol. The molecule has 0 N–H and O–H groups in total. The molecule has 0 rings (SSSR count). The highest BCUT2D eigenvalue weighted by atomic mass is 16.6. The number of ether oxygens (including phenoxy) is 5. The molecule has 9 heteroatoms. The zero-order valence-electron chi connectivity index (χ0n) is 25.3. The lowest BCUT2D eigenvalue weighted by molar-refractivity contribution is -0.158. The first-order chi connectivity index (χ1) is 18.6. The van der Waals surface area contributed by atoms with Gasteiger partial charge in [-0.1, -0.05) is 66.2 Å². The normalized spacial score (nSPS) is 14.1. The predicted octanol–water partition coefficient (Wildman–Crippen LogP) is 5.95. The van der Waals surface area contributed by atoms with E-state index in [0.29, 0.717) is 25.0 Å². The van der Waals surface area contributed by atoms with Gasteiger partial charge in [-0.15, -0.1) is 0 Å². The highest BCUT2D eigenvalue weighted by molar-refractivity contribution is 5.78. The van der Waals surface area contributed by atoms with Crippen molar-refractivity contribution in [3.63, 3.8) is 0 Å². The quantitative estimate of drug-likeness (QED) is 0.105. The number of esters is 4. The maximum absolute atomic E-state index is 12.0. The summed E-state index contributed by atoms with van der Waals surface area (Å²) in [6, 6.07) is 0. The van der Waals surface area contributed by atoms with Gasteiger partial charge in [0, 0.05) is 0 Å². The van der Waals surface area contributed by atoms with Crippen LogP contribution in [0, 0.1) is 11.8 Å². The molecule has 9 nitrogen and oxygen atoms in total. The van der Waals surface area contributed by atoms with E-state index in [-0.39, 0.29) is 38.9 Å². The molecule has 0 saturated carbocycles. The Balaban J connectivity index is 4.00. The highest BCUT2D eigenvalue weighted by Crippen LogP contribution is 2.14. The fourth-order valence-electron chi connectivity index (χ4n) is 3.72. The molecule has 4 atom stereocenters. The lowest BCUT2D eigenvalue weighted by atomic mass is 10.0. The van der Waals surface area contributed by atoms with Gasteiger partial charge in [0.25, 0.3) is 0 Å². The van der Waals surface area contributed by atoms with Gasteiger partial charge in [0.1, 0.15) is 12.7 Å². The Morgan fingerprint density at radius 3 is 1.36 bits per heavy atom. The Bertz CT molecular complexity index is 679. The number of hydrogen-bond donors (Lipinski definition) is 0. The molecule has 0 fully saturated rings. The summed E-state index contributed by atoms with van der Waals surface area (Å²) in [5, 5.41) is 0. The van der Waals surface area contributed by atoms with Gasteiger partial charge in [0.05, 0.1) is 51.6 Å². The lowest BCUT2D eigenvalue weighted by Crippen LogP contribution is -2.26. The molecule has 228 valence electrons. The standard InChI is InChI=1S/C30H54O9/c1-7-11-13-25(9-3)21-37-28(32)16-15-27(31)36-19-23(5)35-20-24(6)39-30(34)18-17-29(33)38-22-26(10-4)14-12-8-2/h23-26H,7-22H2,1-6H3. The van der Waals surface area contributed by atoms with Gasteiger partial charge in [-0.2, -0.15) is 0 Å². The third kappa shape index (κ3) is 21.4. The second-order valence-corrected chi connectivity index (χ2v) is 10.3. The van der Waals surface area contributed by atoms with Gasteiger partial charge in [0.15, 0.2) is 0 Å². The van der Waals surface area contributed by atoms with Gasteiger partial charge in [-0.3, -0.25) is 19.2 Å². The number of unbranched alkanes of at least 4 members (excludes halogenated alkanes) is 2. The van der Waals surface area contributed by atoms with Crippen LogP contribution in [-0.4, -0.2) is 62.5 Å². The lowest BCUT2D eigenvalue weighted by Gasteiger charge is -2.18. The summed E-state index contributed by atoms with van der Waals surface area (Å²) in [4.78, 5) is 47.8. The number of rotatable bonds is 24. The van der Waals surface area contributed by atoms with Crippen molar-refractivity contribution in [2.45, 2.75) is 131 Å². The fraction of sp³-hybridized carbons (Fsp3) is 0.867. The van der Waals surface area contributed by atoms with Crippen molar-refractivity contribution >= 4 is 23.9 Å². The molecule has 0 saturated heterocycles. The van der Waals surface area contributed by atoms with E-state index in [4.69, 9.17) is 23.7 Å². The minimum absolute atomic E-state index is 0.0170. The number of carbonyl (C=O) groups excluding carboxylic acids is 4. The minimum Gasteiger partial charge on any atom is -0.465 e. The summed E-state index contributed by atoms with van der Waals surface area (Å²) in [7, 11) is 0. The monoisotopic (exact) mass is 558 g/mol. The zero-order chi connectivity index (χ0) is 29.5. The average Bonchev–Trinajstić information content (AvgIpc) is 2.92. The van der Waals surface area contributed by atoms with Crippen LogP contribution >= 0.6 is 0 Å². The first-order valence-electron chi connectivity index (χ1n) is 14.9. The third-order valence-electron chi connectivity index (χ3n) is 6.54. The topological polar surface area (TPSA) is 114 Å². The van der Waals surface area contributed by atoms with Gasteiger partial charge >= 0.3 is 23.9 Å². The minimum atomic E-state index is -0.524. The molecule has 0 bridgehead atoms. The molecule has 0 spiro atoms. The maximum Gasteiger partial charge on any atom is 0.306 e. The van der Waals surface area contributed by atoms with E-state index < -0.39 is 36.1 Å². The van der Waals surface area contributed by atoms with Crippen LogP contribution in [0.2, 0.25) is 0 Å². The molecule has 0 aromatic carbocycles. The summed E-state index contributed by atoms with van der Waals surface area (Å²) < 4.78 is 26.6. The molecule has 0 aliphatic rings. The number of hydrogen-bond acceptors (Lipinski definition) is 9. The molecule has 0 aromatic rings. The zero-order valence-corrected chi connectivity index (χ0v) is 25.3. The summed E-state index contributed by atoms with van der Waals surface area (Å²) in [5.41, 5.74) is 0. The van der Waals surface area contributed by atoms with Crippen molar-refractivity contribution < 1.29 is 42.9 Å². The van der Waals surface area contributed by atoms with Gasteiger partial charge < -0.3 is 23.7 Å². The van der Waals surface area contributed by atoms with Crippen LogP contribution in [0.25, 0.3) is 0 Å². The van der Waals surface area contributed by atoms with E-state index in [9.17, 15) is 19.2 Å². The maximum atomic E-state index is 12.0. The second kappa shape index (κ2) is 23.7. The first kappa shape index (κ1) is 36.8. The molecule has 0 aliphatic carbocycles. The summed E-state index contributed by atoms with van der Waals surface area (Å²) >= 11 is 0. The summed E-state index contributed by atoms with van der Waals surface area (Å²) in [6.45, 7) is 12.8. The van der Waals surface area contributed by atoms with Crippen molar-refractivity contribution in [2.75, 3.05) is 26.4 Å². The molecule has 0 heterocycles. The number of carbonyl (C=O) groups is 4. The van der Waals surface area contributed by atoms with Crippen LogP contribution in [0.5, 0.6) is 0 Å². The van der Waals surface area contributed by atoms with E-state index in [1.807, 2.05) is 0 Å². The van der Waals surface area contributed by atoms with Crippen LogP contribution in [0.1, 0.15) is 119 Å². The Morgan fingerprint density at radius 1 is 0.538 bits per heavy atom. The second-order valence-electron chi connectivity index (χ2n) is 10.3. The van der Waals surface area contributed by atoms with Gasteiger partial charge in [-0.25, -0.2) is 0 Å². The molecule has 0 radical (unpaired) electrons. The molecule has 0 aliphatic heterocycles. The molecule has 0 amide bonds. The van der Waals surface area contributed by atoms with Crippen molar-refractivity contribution in [3.05, 3.63) is 0 Å². The summed E-state index contributed by atoms with van der Waals surface area (Å²) in [5.74, 6) is -1.07. The van der Waals surface area contributed by atoms with Crippen molar-refractivity contribution in [3.8, 4) is 0 Å². The Morgan fingerprint density at radius 2 is 0.949 bits per heavy atom. The molecule has 39 heavy (non-hydrogen) atoms. The van der Waals surface area contributed by atoms with Crippen molar-refractivity contribution in [2.24, 2.45) is 11.8 Å². The Labute approximate surface area is 236 Å². The molecule has 0 aromatic heterocycles. The predicted molar refractivity (Wildman–Crippen MR) is 149 cm³/mol. The van der Waals surface area contributed by atoms with E-state index in [1.165, 1.54) is 0 Å². The summed E-state index contributed by atoms with van der Waals surface area (Å²) in [6.07, 6.45) is 7.34.